The second-order valence-corrected chi connectivity index (χ2v) is 8.15. The Morgan fingerprint density at radius 1 is 1.03 bits per heavy atom. The number of methoxy groups -OCH3 is 2. The molecule has 4 nitrogen and oxygen atoms in total. The van der Waals surface area contributed by atoms with Crippen LogP contribution in [0.25, 0.3) is 6.08 Å². The summed E-state index contributed by atoms with van der Waals surface area (Å²) in [5.41, 5.74) is 1.97. The van der Waals surface area contributed by atoms with Crippen LogP contribution in [0.4, 0.5) is 0 Å². The van der Waals surface area contributed by atoms with E-state index in [1.54, 1.807) is 14.2 Å². The van der Waals surface area contributed by atoms with E-state index in [1.807, 2.05) is 42.5 Å². The first-order valence-electron chi connectivity index (χ1n) is 10.3. The number of hydrogen-bond donors (Lipinski definition) is 1. The van der Waals surface area contributed by atoms with E-state index in [9.17, 15) is 5.11 Å². The molecule has 4 heteroatoms. The first-order valence-corrected chi connectivity index (χ1v) is 10.3. The summed E-state index contributed by atoms with van der Waals surface area (Å²) in [7, 11) is 7.49. The van der Waals surface area contributed by atoms with E-state index in [0.717, 1.165) is 60.4 Å². The van der Waals surface area contributed by atoms with Gasteiger partial charge in [0, 0.05) is 12.5 Å². The Bertz CT molecular complexity index is 845. The molecule has 156 valence electrons. The topological polar surface area (TPSA) is 41.9 Å². The van der Waals surface area contributed by atoms with Crippen molar-refractivity contribution in [2.24, 2.45) is 5.92 Å². The highest BCUT2D eigenvalue weighted by atomic mass is 16.5. The SMILES string of the molecule is COc1cccc(C=C2CCCCC(CN(C)C)C2(O)c2cccc(OC)c2)c1. The summed E-state index contributed by atoms with van der Waals surface area (Å²) in [5.74, 6) is 1.69. The lowest BCUT2D eigenvalue weighted by Gasteiger charge is -2.39. The third kappa shape index (κ3) is 4.82. The van der Waals surface area contributed by atoms with Gasteiger partial charge in [0.25, 0.3) is 0 Å². The fourth-order valence-corrected chi connectivity index (χ4v) is 4.43. The first-order chi connectivity index (χ1) is 14.0. The van der Waals surface area contributed by atoms with Crippen LogP contribution >= 0.6 is 0 Å². The molecule has 0 spiro atoms. The summed E-state index contributed by atoms with van der Waals surface area (Å²) in [5, 5.41) is 12.3. The quantitative estimate of drug-likeness (QED) is 0.718. The Balaban J connectivity index is 2.15. The van der Waals surface area contributed by atoms with Gasteiger partial charge in [-0.2, -0.15) is 0 Å². The average molecular weight is 396 g/mol. The molecule has 2 unspecified atom stereocenters. The lowest BCUT2D eigenvalue weighted by Crippen LogP contribution is -2.41. The fraction of sp³-hybridized carbons (Fsp3) is 0.440. The van der Waals surface area contributed by atoms with Gasteiger partial charge in [-0.3, -0.25) is 0 Å². The molecule has 1 N–H and O–H groups in total. The Labute approximate surface area is 174 Å². The molecule has 0 aliphatic heterocycles. The summed E-state index contributed by atoms with van der Waals surface area (Å²) in [6.45, 7) is 0.823. The van der Waals surface area contributed by atoms with Crippen molar-refractivity contribution in [2.45, 2.75) is 31.3 Å². The van der Waals surface area contributed by atoms with E-state index >= 15 is 0 Å². The molecule has 1 aliphatic rings. The van der Waals surface area contributed by atoms with Gasteiger partial charge in [-0.25, -0.2) is 0 Å². The number of nitrogens with zero attached hydrogens (tertiary/aromatic N) is 1. The summed E-state index contributed by atoms with van der Waals surface area (Å²) in [6.07, 6.45) is 6.19. The van der Waals surface area contributed by atoms with Crippen LogP contribution in [0.1, 0.15) is 36.8 Å². The van der Waals surface area contributed by atoms with Crippen LogP contribution in [0.2, 0.25) is 0 Å². The smallest absolute Gasteiger partial charge is 0.119 e. The van der Waals surface area contributed by atoms with Gasteiger partial charge in [-0.15, -0.1) is 0 Å². The van der Waals surface area contributed by atoms with Crippen molar-refractivity contribution in [1.29, 1.82) is 0 Å². The molecule has 2 aromatic carbocycles. The van der Waals surface area contributed by atoms with Gasteiger partial charge in [0.2, 0.25) is 0 Å². The zero-order chi connectivity index (χ0) is 20.9. The maximum absolute atomic E-state index is 12.3. The van der Waals surface area contributed by atoms with Crippen molar-refractivity contribution in [3.8, 4) is 11.5 Å². The van der Waals surface area contributed by atoms with Crippen molar-refractivity contribution >= 4 is 6.08 Å². The molecular weight excluding hydrogens is 362 g/mol. The largest absolute Gasteiger partial charge is 0.497 e. The van der Waals surface area contributed by atoms with Gasteiger partial charge in [-0.05, 0) is 74.3 Å². The summed E-state index contributed by atoms with van der Waals surface area (Å²) in [4.78, 5) is 2.17. The predicted molar refractivity (Wildman–Crippen MR) is 118 cm³/mol. The van der Waals surface area contributed by atoms with E-state index in [-0.39, 0.29) is 5.92 Å². The Morgan fingerprint density at radius 3 is 2.41 bits per heavy atom. The van der Waals surface area contributed by atoms with Crippen LogP contribution in [-0.2, 0) is 5.60 Å². The molecule has 0 heterocycles. The Morgan fingerprint density at radius 2 is 1.72 bits per heavy atom. The molecule has 0 aromatic heterocycles. The molecule has 0 saturated heterocycles. The van der Waals surface area contributed by atoms with Gasteiger partial charge < -0.3 is 19.5 Å². The van der Waals surface area contributed by atoms with Gasteiger partial charge in [0.15, 0.2) is 0 Å². The zero-order valence-electron chi connectivity index (χ0n) is 18.0. The minimum Gasteiger partial charge on any atom is -0.497 e. The van der Waals surface area contributed by atoms with Gasteiger partial charge in [-0.1, -0.05) is 36.8 Å². The van der Waals surface area contributed by atoms with Crippen molar-refractivity contribution in [3.05, 3.63) is 65.2 Å². The molecule has 1 fully saturated rings. The standard InChI is InChI=1S/C25H33NO3/c1-26(2)18-22-11-6-5-10-20(15-19-9-7-13-23(16-19)28-3)25(22,27)21-12-8-14-24(17-21)29-4/h7-9,12-17,22,27H,5-6,10-11,18H2,1-4H3. The summed E-state index contributed by atoms with van der Waals surface area (Å²) < 4.78 is 10.9. The van der Waals surface area contributed by atoms with Crippen LogP contribution in [0.3, 0.4) is 0 Å². The highest BCUT2D eigenvalue weighted by Crippen LogP contribution is 2.46. The van der Waals surface area contributed by atoms with Gasteiger partial charge in [0.1, 0.15) is 17.1 Å². The van der Waals surface area contributed by atoms with Crippen LogP contribution in [0, 0.1) is 5.92 Å². The Kier molecular flexibility index (Phi) is 6.99. The second kappa shape index (κ2) is 9.47. The second-order valence-electron chi connectivity index (χ2n) is 8.15. The molecule has 1 saturated carbocycles. The van der Waals surface area contributed by atoms with Crippen LogP contribution in [0.15, 0.2) is 54.1 Å². The molecule has 2 atom stereocenters. The summed E-state index contributed by atoms with van der Waals surface area (Å²) in [6, 6.07) is 15.9. The minimum atomic E-state index is -1.04. The summed E-state index contributed by atoms with van der Waals surface area (Å²) >= 11 is 0. The van der Waals surface area contributed by atoms with E-state index in [1.165, 1.54) is 0 Å². The van der Waals surface area contributed by atoms with E-state index in [0.29, 0.717) is 0 Å². The van der Waals surface area contributed by atoms with Gasteiger partial charge in [0.05, 0.1) is 14.2 Å². The van der Waals surface area contributed by atoms with Crippen molar-refractivity contribution in [1.82, 2.24) is 4.90 Å². The normalized spacial score (nSPS) is 23.8. The maximum Gasteiger partial charge on any atom is 0.119 e. The highest BCUT2D eigenvalue weighted by molar-refractivity contribution is 5.59. The predicted octanol–water partition coefficient (Wildman–Crippen LogP) is 4.73. The molecule has 0 radical (unpaired) electrons. The monoisotopic (exact) mass is 395 g/mol. The molecular formula is C25H33NO3. The maximum atomic E-state index is 12.3. The van der Waals surface area contributed by atoms with Crippen LogP contribution < -0.4 is 9.47 Å². The molecule has 3 rings (SSSR count). The third-order valence-electron chi connectivity index (χ3n) is 5.86. The third-order valence-corrected chi connectivity index (χ3v) is 5.86. The Hall–Kier alpha value is -2.30. The van der Waals surface area contributed by atoms with E-state index in [4.69, 9.17) is 9.47 Å². The number of benzene rings is 2. The van der Waals surface area contributed by atoms with Gasteiger partial charge >= 0.3 is 0 Å². The molecule has 1 aliphatic carbocycles. The number of hydrogen-bond acceptors (Lipinski definition) is 4. The van der Waals surface area contributed by atoms with E-state index < -0.39 is 5.60 Å². The minimum absolute atomic E-state index is 0.101. The van der Waals surface area contributed by atoms with Crippen molar-refractivity contribution < 1.29 is 14.6 Å². The highest BCUT2D eigenvalue weighted by Gasteiger charge is 2.43. The van der Waals surface area contributed by atoms with Crippen molar-refractivity contribution in [3.63, 3.8) is 0 Å². The first kappa shape index (κ1) is 21.4. The van der Waals surface area contributed by atoms with Crippen LogP contribution in [0.5, 0.6) is 11.5 Å². The molecule has 2 aromatic rings. The lowest BCUT2D eigenvalue weighted by molar-refractivity contribution is 0.000336. The molecule has 0 amide bonds. The zero-order valence-corrected chi connectivity index (χ0v) is 18.0. The number of ether oxygens (including phenoxy) is 2. The lowest BCUT2D eigenvalue weighted by atomic mass is 9.74. The average Bonchev–Trinajstić information content (AvgIpc) is 2.88. The van der Waals surface area contributed by atoms with Crippen LogP contribution in [-0.4, -0.2) is 44.9 Å². The molecule has 29 heavy (non-hydrogen) atoms. The fourth-order valence-electron chi connectivity index (χ4n) is 4.43. The van der Waals surface area contributed by atoms with E-state index in [2.05, 4.69) is 31.1 Å². The molecule has 0 bridgehead atoms. The number of rotatable bonds is 6. The number of aliphatic hydroxyl groups is 1. The van der Waals surface area contributed by atoms with Crippen molar-refractivity contribution in [2.75, 3.05) is 34.9 Å².